The molecule has 2 heterocycles. The second-order valence-corrected chi connectivity index (χ2v) is 9.42. The maximum absolute atomic E-state index is 12.0. The van der Waals surface area contributed by atoms with E-state index in [1.165, 1.54) is 18.9 Å². The molecule has 24 heavy (non-hydrogen) atoms. The van der Waals surface area contributed by atoms with Crippen molar-refractivity contribution in [2.24, 2.45) is 4.99 Å². The molecule has 3 rings (SSSR count). The van der Waals surface area contributed by atoms with Crippen molar-refractivity contribution in [1.82, 2.24) is 0 Å². The summed E-state index contributed by atoms with van der Waals surface area (Å²) in [6.45, 7) is 1.74. The van der Waals surface area contributed by atoms with Crippen molar-refractivity contribution in [3.8, 4) is 5.75 Å². The Morgan fingerprint density at radius 2 is 2.21 bits per heavy atom. The predicted molar refractivity (Wildman–Crippen MR) is 97.0 cm³/mol. The summed E-state index contributed by atoms with van der Waals surface area (Å²) in [7, 11) is -1.58. The lowest BCUT2D eigenvalue weighted by molar-refractivity contribution is -0.117. The number of thioether (sulfide) groups is 1. The molecule has 0 bridgehead atoms. The largest absolute Gasteiger partial charge is 0.495 e. The summed E-state index contributed by atoms with van der Waals surface area (Å²) in [4.78, 5) is 17.8. The Kier molecular flexibility index (Phi) is 4.81. The average molecular weight is 389 g/mol. The molecule has 2 atom stereocenters. The quantitative estimate of drug-likeness (QED) is 0.791. The maximum atomic E-state index is 12.0. The number of sulfone groups is 1. The number of fused-ring (bicyclic) bond motifs is 1. The van der Waals surface area contributed by atoms with Crippen LogP contribution in [0, 0.1) is 0 Å². The van der Waals surface area contributed by atoms with Crippen LogP contribution in [0.3, 0.4) is 0 Å². The van der Waals surface area contributed by atoms with Crippen LogP contribution in [-0.2, 0) is 14.6 Å². The van der Waals surface area contributed by atoms with Gasteiger partial charge in [0, 0.05) is 16.7 Å². The van der Waals surface area contributed by atoms with Crippen LogP contribution >= 0.6 is 23.4 Å². The number of anilines is 1. The lowest BCUT2D eigenvalue weighted by Gasteiger charge is -2.26. The molecule has 0 aromatic heterocycles. The van der Waals surface area contributed by atoms with E-state index in [0.717, 1.165) is 0 Å². The second kappa shape index (κ2) is 6.57. The molecule has 0 radical (unpaired) electrons. The predicted octanol–water partition coefficient (Wildman–Crippen LogP) is 2.36. The summed E-state index contributed by atoms with van der Waals surface area (Å²) in [6.07, 6.45) is 0.290. The van der Waals surface area contributed by atoms with E-state index < -0.39 is 9.84 Å². The van der Waals surface area contributed by atoms with Gasteiger partial charge < -0.3 is 9.64 Å². The number of rotatable bonds is 3. The molecule has 2 aliphatic rings. The summed E-state index contributed by atoms with van der Waals surface area (Å²) in [6, 6.07) is 4.85. The molecule has 0 unspecified atom stereocenters. The van der Waals surface area contributed by atoms with Gasteiger partial charge in [-0.15, -0.1) is 0 Å². The number of hydrogen-bond acceptors (Lipinski definition) is 5. The van der Waals surface area contributed by atoms with Gasteiger partial charge in [-0.2, -0.15) is 4.99 Å². The molecular formula is C15H17ClN2O4S2. The van der Waals surface area contributed by atoms with Crippen LogP contribution in [0.1, 0.15) is 13.3 Å². The smallest absolute Gasteiger partial charge is 0.247 e. The van der Waals surface area contributed by atoms with Crippen molar-refractivity contribution in [3.05, 3.63) is 23.2 Å². The number of ether oxygens (including phenoxy) is 1. The Bertz CT molecular complexity index is 810. The highest BCUT2D eigenvalue weighted by Crippen LogP contribution is 2.44. The van der Waals surface area contributed by atoms with E-state index in [4.69, 9.17) is 16.3 Å². The highest BCUT2D eigenvalue weighted by Gasteiger charge is 2.50. The fraction of sp³-hybridized carbons (Fsp3) is 0.467. The van der Waals surface area contributed by atoms with Crippen molar-refractivity contribution in [2.75, 3.05) is 23.5 Å². The van der Waals surface area contributed by atoms with Gasteiger partial charge >= 0.3 is 0 Å². The molecule has 2 aliphatic heterocycles. The zero-order valence-corrected chi connectivity index (χ0v) is 15.6. The molecule has 0 spiro atoms. The van der Waals surface area contributed by atoms with Crippen molar-refractivity contribution < 1.29 is 17.9 Å². The molecule has 1 amide bonds. The normalized spacial score (nSPS) is 26.6. The molecule has 0 aliphatic carbocycles. The number of methoxy groups -OCH3 is 1. The van der Waals surface area contributed by atoms with Gasteiger partial charge in [0.15, 0.2) is 15.0 Å². The van der Waals surface area contributed by atoms with Crippen molar-refractivity contribution in [1.29, 1.82) is 0 Å². The number of carbonyl (C=O) groups is 1. The Labute approximate surface area is 150 Å². The van der Waals surface area contributed by atoms with E-state index in [1.807, 2.05) is 0 Å². The van der Waals surface area contributed by atoms with Gasteiger partial charge in [-0.25, -0.2) is 8.42 Å². The molecule has 6 nitrogen and oxygen atoms in total. The van der Waals surface area contributed by atoms with Gasteiger partial charge in [0.25, 0.3) is 0 Å². The van der Waals surface area contributed by atoms with Gasteiger partial charge in [0.2, 0.25) is 5.91 Å². The van der Waals surface area contributed by atoms with Gasteiger partial charge in [-0.1, -0.05) is 30.3 Å². The molecule has 130 valence electrons. The highest BCUT2D eigenvalue weighted by atomic mass is 35.5. The first-order valence-corrected chi connectivity index (χ1v) is 10.5. The molecule has 1 aromatic carbocycles. The Morgan fingerprint density at radius 3 is 2.88 bits per heavy atom. The maximum Gasteiger partial charge on any atom is 0.247 e. The minimum absolute atomic E-state index is 0.0275. The minimum Gasteiger partial charge on any atom is -0.495 e. The van der Waals surface area contributed by atoms with Gasteiger partial charge in [0.1, 0.15) is 5.75 Å². The van der Waals surface area contributed by atoms with E-state index >= 15 is 0 Å². The third-order valence-corrected chi connectivity index (χ3v) is 7.43. The fourth-order valence-electron chi connectivity index (χ4n) is 2.88. The summed E-state index contributed by atoms with van der Waals surface area (Å²) in [5, 5.41) is 0.857. The number of hydrogen-bond donors (Lipinski definition) is 0. The van der Waals surface area contributed by atoms with Crippen molar-refractivity contribution in [2.45, 2.75) is 24.6 Å². The van der Waals surface area contributed by atoms with Crippen molar-refractivity contribution >= 4 is 50.0 Å². The number of amidine groups is 1. The molecule has 0 N–H and O–H groups in total. The summed E-state index contributed by atoms with van der Waals surface area (Å²) in [5.41, 5.74) is 0.629. The first kappa shape index (κ1) is 17.6. The van der Waals surface area contributed by atoms with Crippen LogP contribution in [0.25, 0.3) is 0 Å². The van der Waals surface area contributed by atoms with E-state index in [0.29, 0.717) is 21.6 Å². The summed E-state index contributed by atoms with van der Waals surface area (Å²) >= 11 is 7.45. The Hall–Kier alpha value is -1.25. The fourth-order valence-corrected chi connectivity index (χ4v) is 6.97. The molecule has 9 heteroatoms. The van der Waals surface area contributed by atoms with Crippen LogP contribution in [0.15, 0.2) is 23.2 Å². The van der Waals surface area contributed by atoms with Crippen LogP contribution in [0.5, 0.6) is 5.75 Å². The lowest BCUT2D eigenvalue weighted by Crippen LogP contribution is -2.38. The molecule has 1 aromatic rings. The SMILES string of the molecule is CCC(=O)N=C1S[C@H]2CS(=O)(=O)C[C@@H]2N1c1cc(Cl)ccc1OC. The first-order chi connectivity index (χ1) is 11.3. The highest BCUT2D eigenvalue weighted by molar-refractivity contribution is 8.16. The number of carbonyl (C=O) groups excluding carboxylic acids is 1. The van der Waals surface area contributed by atoms with Crippen LogP contribution in [0.4, 0.5) is 5.69 Å². The monoisotopic (exact) mass is 388 g/mol. The third kappa shape index (κ3) is 3.27. The Balaban J connectivity index is 2.10. The molecule has 0 saturated carbocycles. The topological polar surface area (TPSA) is 76.0 Å². The van der Waals surface area contributed by atoms with Crippen LogP contribution in [-0.4, -0.2) is 49.4 Å². The van der Waals surface area contributed by atoms with Crippen molar-refractivity contribution in [3.63, 3.8) is 0 Å². The lowest BCUT2D eigenvalue weighted by atomic mass is 10.2. The number of nitrogens with zero attached hydrogens (tertiary/aromatic N) is 2. The standard InChI is InChI=1S/C15H17ClN2O4S2/c1-3-14(19)17-15-18(10-6-9(16)4-5-12(10)22-2)11-7-24(20,21)8-13(11)23-15/h4-6,11,13H,3,7-8H2,1-2H3/t11-,13-/m0/s1. The number of halogens is 1. The average Bonchev–Trinajstić information content (AvgIpc) is 2.97. The Morgan fingerprint density at radius 1 is 1.46 bits per heavy atom. The minimum atomic E-state index is -3.11. The zero-order chi connectivity index (χ0) is 17.5. The number of benzene rings is 1. The van der Waals surface area contributed by atoms with Gasteiger partial charge in [-0.05, 0) is 18.2 Å². The van der Waals surface area contributed by atoms with Gasteiger partial charge in [-0.3, -0.25) is 4.79 Å². The van der Waals surface area contributed by atoms with E-state index in [-0.39, 0.29) is 35.1 Å². The zero-order valence-electron chi connectivity index (χ0n) is 13.2. The first-order valence-electron chi connectivity index (χ1n) is 7.46. The molecule has 2 saturated heterocycles. The van der Waals surface area contributed by atoms with Gasteiger partial charge in [0.05, 0.1) is 30.3 Å². The van der Waals surface area contributed by atoms with Crippen LogP contribution in [0.2, 0.25) is 5.02 Å². The summed E-state index contributed by atoms with van der Waals surface area (Å²) < 4.78 is 29.4. The number of aliphatic imine (C=N–C) groups is 1. The molecular weight excluding hydrogens is 372 g/mol. The summed E-state index contributed by atoms with van der Waals surface area (Å²) in [5.74, 6) is 0.425. The third-order valence-electron chi connectivity index (χ3n) is 3.99. The van der Waals surface area contributed by atoms with E-state index in [2.05, 4.69) is 4.99 Å². The van der Waals surface area contributed by atoms with E-state index in [1.54, 1.807) is 30.0 Å². The van der Waals surface area contributed by atoms with E-state index in [9.17, 15) is 13.2 Å². The second-order valence-electron chi connectivity index (χ2n) is 5.63. The number of amides is 1. The molecule has 2 fully saturated rings. The van der Waals surface area contributed by atoms with Crippen LogP contribution < -0.4 is 9.64 Å².